The number of nitrogens with zero attached hydrogens (tertiary/aromatic N) is 3. The summed E-state index contributed by atoms with van der Waals surface area (Å²) in [4.78, 5) is 66.5. The molecule has 0 radical (unpaired) electrons. The van der Waals surface area contributed by atoms with E-state index in [0.29, 0.717) is 40.2 Å². The van der Waals surface area contributed by atoms with Crippen LogP contribution in [0, 0.1) is 24.2 Å². The second-order valence-electron chi connectivity index (χ2n) is 18.8. The number of aromatic nitrogens is 2. The topological polar surface area (TPSA) is 157 Å². The molecule has 3 fully saturated rings. The summed E-state index contributed by atoms with van der Waals surface area (Å²) in [7, 11) is -2.39. The summed E-state index contributed by atoms with van der Waals surface area (Å²) in [5.74, 6) is -1.11. The van der Waals surface area contributed by atoms with Crippen molar-refractivity contribution in [3.8, 4) is 22.9 Å². The number of likely N-dealkylation sites (tertiary alicyclic amines) is 1. The summed E-state index contributed by atoms with van der Waals surface area (Å²) in [6, 6.07) is 14.1. The van der Waals surface area contributed by atoms with Crippen LogP contribution in [0.4, 0.5) is 5.13 Å². The van der Waals surface area contributed by atoms with Crippen LogP contribution in [0.3, 0.4) is 0 Å². The van der Waals surface area contributed by atoms with Gasteiger partial charge in [0.1, 0.15) is 29.4 Å². The van der Waals surface area contributed by atoms with Crippen molar-refractivity contribution in [1.29, 1.82) is 0 Å². The maximum absolute atomic E-state index is 15.0. The number of amides is 1. The number of carbonyl (C=O) groups excluding carboxylic acids is 3. The number of ketones is 1. The van der Waals surface area contributed by atoms with Crippen molar-refractivity contribution in [3.63, 3.8) is 0 Å². The molecule has 62 heavy (non-hydrogen) atoms. The van der Waals surface area contributed by atoms with Crippen LogP contribution in [0.15, 0.2) is 66.6 Å². The zero-order valence-corrected chi connectivity index (χ0v) is 38.7. The molecule has 1 amide bonds. The Kier molecular flexibility index (Phi) is 13.4. The molecule has 7 rings (SSSR count). The molecule has 3 aliphatic rings. The number of carbonyl (C=O) groups is 3. The van der Waals surface area contributed by atoms with Gasteiger partial charge in [0.2, 0.25) is 13.3 Å². The number of hydrogen-bond acceptors (Lipinski definition) is 11. The van der Waals surface area contributed by atoms with Gasteiger partial charge in [0, 0.05) is 41.8 Å². The van der Waals surface area contributed by atoms with Crippen molar-refractivity contribution in [2.24, 2.45) is 17.3 Å². The molecule has 0 bridgehead atoms. The van der Waals surface area contributed by atoms with E-state index in [2.05, 4.69) is 11.9 Å². The number of Topliss-reactive ketones (excluding diaryl/α,β-unsaturated/α-hetero) is 1. The zero-order chi connectivity index (χ0) is 44.6. The van der Waals surface area contributed by atoms with Crippen LogP contribution >= 0.6 is 18.7 Å². The molecule has 2 aromatic heterocycles. The van der Waals surface area contributed by atoms with E-state index < -0.39 is 42.0 Å². The molecule has 1 unspecified atom stereocenters. The third-order valence-corrected chi connectivity index (χ3v) is 16.5. The smallest absolute Gasteiger partial charge is 0.306 e. The standard InChI is InChI=1S/C48H61N4O8PS/c1-9-32-24-48(32,61(56,57)27-31-15-11-10-14-30(31)4)25-42(53)41-21-35(26-52(41)45(55)37(47(5,6)7)22-44(54)60-33-16-12-13-17-33)59-43-23-39(40-28-62-46(51-40)49-29(2)3)50-38-20-34(58-8)18-19-36(38)43/h9-11,14-15,18-20,23,28-29,32-33,35,37,41H,1,12-13,16-17,21-22,24-27H2,2-8H3,(H,49,51)(H,56,57)/t32-,35-,37-,41+,48-/m1/s1. The molecule has 3 heterocycles. The van der Waals surface area contributed by atoms with Crippen molar-refractivity contribution < 1.29 is 38.1 Å². The Morgan fingerprint density at radius 3 is 2.48 bits per heavy atom. The van der Waals surface area contributed by atoms with Gasteiger partial charge in [-0.25, -0.2) is 9.97 Å². The van der Waals surface area contributed by atoms with Crippen molar-refractivity contribution in [2.45, 2.75) is 129 Å². The molecule has 2 aliphatic carbocycles. The largest absolute Gasteiger partial charge is 0.497 e. The first kappa shape index (κ1) is 45.4. The van der Waals surface area contributed by atoms with Crippen LogP contribution < -0.4 is 14.8 Å². The number of benzene rings is 2. The average Bonchev–Trinajstić information content (AvgIpc) is 3.61. The molecular weight excluding hydrogens is 824 g/mol. The number of anilines is 1. The number of thiazole rings is 1. The average molecular weight is 885 g/mol. The lowest BCUT2D eigenvalue weighted by molar-refractivity contribution is -0.156. The summed E-state index contributed by atoms with van der Waals surface area (Å²) in [5.41, 5.74) is 2.86. The van der Waals surface area contributed by atoms with E-state index >= 15 is 4.79 Å². The van der Waals surface area contributed by atoms with Gasteiger partial charge >= 0.3 is 5.97 Å². The van der Waals surface area contributed by atoms with Gasteiger partial charge in [-0.15, -0.1) is 17.9 Å². The second-order valence-corrected chi connectivity index (χ2v) is 22.3. The summed E-state index contributed by atoms with van der Waals surface area (Å²) in [5, 5.41) is 5.54. The highest BCUT2D eigenvalue weighted by Crippen LogP contribution is 2.74. The number of pyridine rings is 1. The lowest BCUT2D eigenvalue weighted by Crippen LogP contribution is -2.48. The number of ether oxygens (including phenoxy) is 3. The van der Waals surface area contributed by atoms with Crippen molar-refractivity contribution >= 4 is 52.4 Å². The Balaban J connectivity index is 1.22. The Morgan fingerprint density at radius 1 is 1.08 bits per heavy atom. The van der Waals surface area contributed by atoms with E-state index in [9.17, 15) is 19.0 Å². The number of fused-ring (bicyclic) bond motifs is 1. The number of rotatable bonds is 17. The molecule has 4 aromatic rings. The monoisotopic (exact) mass is 884 g/mol. The molecular formula is C48H61N4O8PS. The Morgan fingerprint density at radius 2 is 1.82 bits per heavy atom. The van der Waals surface area contributed by atoms with Gasteiger partial charge in [0.25, 0.3) is 0 Å². The van der Waals surface area contributed by atoms with Crippen LogP contribution in [0.25, 0.3) is 22.3 Å². The van der Waals surface area contributed by atoms with Gasteiger partial charge in [-0.3, -0.25) is 18.9 Å². The number of hydrogen-bond donors (Lipinski definition) is 2. The van der Waals surface area contributed by atoms with E-state index in [1.807, 2.05) is 95.5 Å². The number of nitrogens with one attached hydrogen (secondary N) is 1. The van der Waals surface area contributed by atoms with Crippen molar-refractivity contribution in [2.75, 3.05) is 19.0 Å². The molecule has 2 saturated carbocycles. The fraction of sp³-hybridized carbons (Fsp3) is 0.521. The first-order valence-electron chi connectivity index (χ1n) is 21.8. The Hall–Kier alpha value is -4.58. The van der Waals surface area contributed by atoms with E-state index in [1.54, 1.807) is 18.1 Å². The fourth-order valence-electron chi connectivity index (χ4n) is 9.17. The van der Waals surface area contributed by atoms with E-state index in [4.69, 9.17) is 24.2 Å². The minimum Gasteiger partial charge on any atom is -0.497 e. The maximum atomic E-state index is 15.0. The van der Waals surface area contributed by atoms with Gasteiger partial charge in [-0.2, -0.15) is 0 Å². The summed E-state index contributed by atoms with van der Waals surface area (Å²) < 4.78 is 32.8. The molecule has 1 aliphatic heterocycles. The molecule has 14 heteroatoms. The van der Waals surface area contributed by atoms with Crippen LogP contribution in [0.2, 0.25) is 0 Å². The number of esters is 1. The van der Waals surface area contributed by atoms with Gasteiger partial charge in [0.15, 0.2) is 10.9 Å². The highest BCUT2D eigenvalue weighted by molar-refractivity contribution is 7.59. The van der Waals surface area contributed by atoms with Gasteiger partial charge in [0.05, 0.1) is 54.6 Å². The fourth-order valence-corrected chi connectivity index (χ4v) is 12.7. The first-order valence-corrected chi connectivity index (χ1v) is 24.5. The molecule has 332 valence electrons. The van der Waals surface area contributed by atoms with Gasteiger partial charge < -0.3 is 29.3 Å². The summed E-state index contributed by atoms with van der Waals surface area (Å²) in [6.45, 7) is 15.8. The predicted octanol–water partition coefficient (Wildman–Crippen LogP) is 9.76. The predicted molar refractivity (Wildman–Crippen MR) is 244 cm³/mol. The Labute approximate surface area is 369 Å². The summed E-state index contributed by atoms with van der Waals surface area (Å²) in [6.07, 6.45) is 4.59. The minimum atomic E-state index is -3.98. The highest BCUT2D eigenvalue weighted by Gasteiger charge is 2.65. The van der Waals surface area contributed by atoms with Crippen LogP contribution in [0.1, 0.15) is 97.1 Å². The number of allylic oxidation sites excluding steroid dienone is 1. The highest BCUT2D eigenvalue weighted by atomic mass is 32.1. The zero-order valence-electron chi connectivity index (χ0n) is 37.0. The summed E-state index contributed by atoms with van der Waals surface area (Å²) >= 11 is 1.48. The number of aryl methyl sites for hydroxylation is 1. The van der Waals surface area contributed by atoms with Crippen molar-refractivity contribution in [1.82, 2.24) is 14.9 Å². The molecule has 2 aromatic carbocycles. The molecule has 2 N–H and O–H groups in total. The SMILES string of the molecule is C=C[C@@H]1C[C@]1(CC(=O)[C@@H]1C[C@@H](Oc2cc(-c3csc(NC(C)C)n3)nc3cc(OC)ccc23)CN1C(=O)[C@@H](CC(=O)OC1CCCC1)C(C)(C)C)P(=O)(O)Cc1ccccc1C. The van der Waals surface area contributed by atoms with E-state index in [-0.39, 0.29) is 61.7 Å². The lowest BCUT2D eigenvalue weighted by atomic mass is 9.77. The third-order valence-electron chi connectivity index (χ3n) is 12.9. The molecule has 6 atom stereocenters. The third kappa shape index (κ3) is 9.80. The van der Waals surface area contributed by atoms with Gasteiger partial charge in [-0.05, 0) is 87.5 Å². The molecule has 0 spiro atoms. The molecule has 12 nitrogen and oxygen atoms in total. The van der Waals surface area contributed by atoms with Crippen LogP contribution in [0.5, 0.6) is 11.5 Å². The molecule has 1 saturated heterocycles. The van der Waals surface area contributed by atoms with Gasteiger partial charge in [-0.1, -0.05) is 51.1 Å². The van der Waals surface area contributed by atoms with Crippen molar-refractivity contribution in [3.05, 3.63) is 77.7 Å². The second kappa shape index (κ2) is 18.3. The van der Waals surface area contributed by atoms with E-state index in [0.717, 1.165) is 41.9 Å². The Bertz CT molecular complexity index is 2370. The first-order chi connectivity index (χ1) is 29.4. The quantitative estimate of drug-likeness (QED) is 0.0591. The van der Waals surface area contributed by atoms with Crippen LogP contribution in [-0.4, -0.2) is 80.5 Å². The van der Waals surface area contributed by atoms with E-state index in [1.165, 1.54) is 11.3 Å². The normalized spacial score (nSPS) is 22.9. The number of methoxy groups -OCH3 is 1. The maximum Gasteiger partial charge on any atom is 0.306 e. The lowest BCUT2D eigenvalue weighted by Gasteiger charge is -2.35. The minimum absolute atomic E-state index is 0.0613. The van der Waals surface area contributed by atoms with Crippen LogP contribution in [-0.2, 0) is 29.8 Å².